The Bertz CT molecular complexity index is 462. The summed E-state index contributed by atoms with van der Waals surface area (Å²) in [4.78, 5) is 0. The van der Waals surface area contributed by atoms with E-state index in [0.29, 0.717) is 0 Å². The summed E-state index contributed by atoms with van der Waals surface area (Å²) in [6.45, 7) is 2.25. The second kappa shape index (κ2) is 7.72. The van der Waals surface area contributed by atoms with Crippen LogP contribution in [0.1, 0.15) is 51.1 Å². The number of aryl methyl sites for hydroxylation is 1. The molecule has 0 N–H and O–H groups in total. The molecular weight excluding hydrogens is 234 g/mol. The molecule has 3 heteroatoms. The van der Waals surface area contributed by atoms with Gasteiger partial charge >= 0.3 is 0 Å². The van der Waals surface area contributed by atoms with Gasteiger partial charge in [0.15, 0.2) is 0 Å². The van der Waals surface area contributed by atoms with Gasteiger partial charge < -0.3 is 0 Å². The molecule has 0 saturated carbocycles. The van der Waals surface area contributed by atoms with Crippen LogP contribution in [0.15, 0.2) is 36.5 Å². The van der Waals surface area contributed by atoms with Crippen molar-refractivity contribution in [3.05, 3.63) is 42.2 Å². The Morgan fingerprint density at radius 3 is 2.47 bits per heavy atom. The molecule has 1 heterocycles. The minimum Gasteiger partial charge on any atom is -0.220 e. The zero-order chi connectivity index (χ0) is 13.3. The molecule has 3 nitrogen and oxygen atoms in total. The molecule has 0 radical (unpaired) electrons. The number of hydrogen-bond donors (Lipinski definition) is 0. The van der Waals surface area contributed by atoms with Gasteiger partial charge in [0, 0.05) is 0 Å². The summed E-state index contributed by atoms with van der Waals surface area (Å²) in [6, 6.07) is 10.1. The summed E-state index contributed by atoms with van der Waals surface area (Å²) in [5.41, 5.74) is 2.17. The van der Waals surface area contributed by atoms with E-state index >= 15 is 0 Å². The van der Waals surface area contributed by atoms with Crippen LogP contribution in [0.5, 0.6) is 0 Å². The molecule has 2 rings (SSSR count). The number of hydrogen-bond acceptors (Lipinski definition) is 2. The number of aromatic nitrogens is 3. The second-order valence-electron chi connectivity index (χ2n) is 5.01. The molecule has 0 amide bonds. The van der Waals surface area contributed by atoms with E-state index in [4.69, 9.17) is 0 Å². The fourth-order valence-electron chi connectivity index (χ4n) is 2.21. The largest absolute Gasteiger partial charge is 0.220 e. The van der Waals surface area contributed by atoms with Crippen molar-refractivity contribution in [1.82, 2.24) is 15.0 Å². The minimum atomic E-state index is 1.04. The van der Waals surface area contributed by atoms with Gasteiger partial charge in [0.2, 0.25) is 0 Å². The first-order chi connectivity index (χ1) is 9.40. The number of nitrogens with zero attached hydrogens (tertiary/aromatic N) is 3. The highest BCUT2D eigenvalue weighted by molar-refractivity contribution is 5.29. The average molecular weight is 257 g/mol. The maximum absolute atomic E-state index is 4.24. The highest BCUT2D eigenvalue weighted by Crippen LogP contribution is 2.10. The van der Waals surface area contributed by atoms with E-state index in [1.165, 1.54) is 38.5 Å². The highest BCUT2D eigenvalue weighted by Gasteiger charge is 2.02. The van der Waals surface area contributed by atoms with Crippen molar-refractivity contribution in [2.45, 2.75) is 51.9 Å². The molecule has 0 atom stereocenters. The van der Waals surface area contributed by atoms with Gasteiger partial charge in [-0.2, -0.15) is 0 Å². The fraction of sp³-hybridized carbons (Fsp3) is 0.500. The quantitative estimate of drug-likeness (QED) is 0.664. The summed E-state index contributed by atoms with van der Waals surface area (Å²) < 4.78 is 1.85. The minimum absolute atomic E-state index is 1.04. The van der Waals surface area contributed by atoms with Crippen molar-refractivity contribution in [2.75, 3.05) is 0 Å². The Hall–Kier alpha value is -1.64. The monoisotopic (exact) mass is 257 g/mol. The van der Waals surface area contributed by atoms with Crippen molar-refractivity contribution < 1.29 is 0 Å². The molecule has 0 aliphatic rings. The molecule has 0 bridgehead atoms. The van der Waals surface area contributed by atoms with Crippen LogP contribution in [0.25, 0.3) is 5.69 Å². The van der Waals surface area contributed by atoms with E-state index in [9.17, 15) is 0 Å². The molecule has 0 fully saturated rings. The summed E-state index contributed by atoms with van der Waals surface area (Å²) in [5, 5.41) is 8.42. The third-order valence-electron chi connectivity index (χ3n) is 3.35. The first kappa shape index (κ1) is 13.8. The first-order valence-corrected chi connectivity index (χ1v) is 7.37. The molecule has 102 valence electrons. The van der Waals surface area contributed by atoms with Crippen LogP contribution in [-0.4, -0.2) is 15.0 Å². The molecule has 0 aliphatic heterocycles. The lowest BCUT2D eigenvalue weighted by Crippen LogP contribution is -1.93. The zero-order valence-corrected chi connectivity index (χ0v) is 11.8. The van der Waals surface area contributed by atoms with Gasteiger partial charge in [0.05, 0.1) is 17.6 Å². The topological polar surface area (TPSA) is 30.7 Å². The molecule has 1 aromatic carbocycles. The lowest BCUT2D eigenvalue weighted by Gasteiger charge is -1.99. The van der Waals surface area contributed by atoms with E-state index < -0.39 is 0 Å². The second-order valence-corrected chi connectivity index (χ2v) is 5.01. The van der Waals surface area contributed by atoms with Crippen LogP contribution < -0.4 is 0 Å². The lowest BCUT2D eigenvalue weighted by atomic mass is 10.1. The molecule has 0 spiro atoms. The summed E-state index contributed by atoms with van der Waals surface area (Å²) in [5.74, 6) is 0. The van der Waals surface area contributed by atoms with Crippen LogP contribution in [-0.2, 0) is 6.42 Å². The van der Waals surface area contributed by atoms with Crippen molar-refractivity contribution in [3.8, 4) is 5.69 Å². The average Bonchev–Trinajstić information content (AvgIpc) is 2.92. The van der Waals surface area contributed by atoms with Crippen molar-refractivity contribution in [2.24, 2.45) is 0 Å². The van der Waals surface area contributed by atoms with E-state index in [1.807, 2.05) is 41.2 Å². The van der Waals surface area contributed by atoms with Gasteiger partial charge in [-0.1, -0.05) is 62.4 Å². The van der Waals surface area contributed by atoms with E-state index in [-0.39, 0.29) is 0 Å². The zero-order valence-electron chi connectivity index (χ0n) is 11.8. The Morgan fingerprint density at radius 1 is 0.947 bits per heavy atom. The van der Waals surface area contributed by atoms with Crippen LogP contribution in [0.2, 0.25) is 0 Å². The predicted octanol–water partition coefficient (Wildman–Crippen LogP) is 4.17. The van der Waals surface area contributed by atoms with Crippen molar-refractivity contribution in [3.63, 3.8) is 0 Å². The predicted molar refractivity (Wildman–Crippen MR) is 78.4 cm³/mol. The van der Waals surface area contributed by atoms with Crippen molar-refractivity contribution >= 4 is 0 Å². The van der Waals surface area contributed by atoms with Gasteiger partial charge in [-0.15, -0.1) is 5.10 Å². The Morgan fingerprint density at radius 2 is 1.68 bits per heavy atom. The summed E-state index contributed by atoms with van der Waals surface area (Å²) in [6.07, 6.45) is 11.0. The number of rotatable bonds is 8. The molecular formula is C16H23N3. The van der Waals surface area contributed by atoms with Crippen LogP contribution in [0, 0.1) is 0 Å². The van der Waals surface area contributed by atoms with Crippen LogP contribution >= 0.6 is 0 Å². The van der Waals surface area contributed by atoms with E-state index in [0.717, 1.165) is 17.8 Å². The smallest absolute Gasteiger partial charge is 0.0831 e. The van der Waals surface area contributed by atoms with E-state index in [1.54, 1.807) is 0 Å². The van der Waals surface area contributed by atoms with Gasteiger partial charge in [0.1, 0.15) is 0 Å². The number of benzene rings is 1. The number of para-hydroxylation sites is 1. The Balaban J connectivity index is 1.75. The molecule has 19 heavy (non-hydrogen) atoms. The maximum Gasteiger partial charge on any atom is 0.0831 e. The first-order valence-electron chi connectivity index (χ1n) is 7.37. The van der Waals surface area contributed by atoms with E-state index in [2.05, 4.69) is 17.2 Å². The summed E-state index contributed by atoms with van der Waals surface area (Å²) in [7, 11) is 0. The Kier molecular flexibility index (Phi) is 5.60. The van der Waals surface area contributed by atoms with Crippen LogP contribution in [0.4, 0.5) is 0 Å². The van der Waals surface area contributed by atoms with Gasteiger partial charge in [-0.3, -0.25) is 0 Å². The molecule has 1 aromatic heterocycles. The van der Waals surface area contributed by atoms with Gasteiger partial charge in [-0.05, 0) is 25.0 Å². The third-order valence-corrected chi connectivity index (χ3v) is 3.35. The normalized spacial score (nSPS) is 10.8. The fourth-order valence-corrected chi connectivity index (χ4v) is 2.21. The molecule has 0 unspecified atom stereocenters. The maximum atomic E-state index is 4.24. The number of unbranched alkanes of at least 4 members (excludes halogenated alkanes) is 5. The SMILES string of the molecule is CCCCCCCCc1cn(-c2ccccc2)nn1. The van der Waals surface area contributed by atoms with Gasteiger partial charge in [0.25, 0.3) is 0 Å². The highest BCUT2D eigenvalue weighted by atomic mass is 15.4. The van der Waals surface area contributed by atoms with Crippen molar-refractivity contribution in [1.29, 1.82) is 0 Å². The van der Waals surface area contributed by atoms with Crippen LogP contribution in [0.3, 0.4) is 0 Å². The standard InChI is InChI=1S/C16H23N3/c1-2-3-4-5-6-8-11-15-14-19(18-17-15)16-12-9-7-10-13-16/h7,9-10,12-14H,2-6,8,11H2,1H3. The van der Waals surface area contributed by atoms with Gasteiger partial charge in [-0.25, -0.2) is 4.68 Å². The lowest BCUT2D eigenvalue weighted by molar-refractivity contribution is 0.604. The molecule has 2 aromatic rings. The molecule has 0 aliphatic carbocycles. The molecule has 0 saturated heterocycles. The Labute approximate surface area is 115 Å². The third kappa shape index (κ3) is 4.51. The summed E-state index contributed by atoms with van der Waals surface area (Å²) >= 11 is 0.